The number of halogens is 1. The van der Waals surface area contributed by atoms with Crippen molar-refractivity contribution in [2.75, 3.05) is 12.4 Å². The Hall–Kier alpha value is -1.84. The van der Waals surface area contributed by atoms with Crippen LogP contribution in [0, 0.1) is 12.7 Å². The zero-order valence-electron chi connectivity index (χ0n) is 8.66. The van der Waals surface area contributed by atoms with Gasteiger partial charge in [0.15, 0.2) is 0 Å². The van der Waals surface area contributed by atoms with E-state index in [1.807, 2.05) is 6.92 Å². The maximum Gasteiger partial charge on any atom is 0.207 e. The molecule has 0 spiro atoms. The molecule has 0 saturated carbocycles. The Morgan fingerprint density at radius 1 is 1.33 bits per heavy atom. The first kappa shape index (κ1) is 9.71. The minimum atomic E-state index is -0.258. The molecule has 0 unspecified atom stereocenters. The van der Waals surface area contributed by atoms with Crippen molar-refractivity contribution >= 4 is 5.95 Å². The normalized spacial score (nSPS) is 10.3. The van der Waals surface area contributed by atoms with Crippen LogP contribution >= 0.6 is 0 Å². The van der Waals surface area contributed by atoms with Crippen LogP contribution in [0.4, 0.5) is 10.3 Å². The molecule has 0 aliphatic rings. The van der Waals surface area contributed by atoms with E-state index in [2.05, 4.69) is 10.3 Å². The first-order chi connectivity index (χ1) is 7.22. The molecule has 78 valence electrons. The van der Waals surface area contributed by atoms with Crippen molar-refractivity contribution in [2.24, 2.45) is 0 Å². The summed E-state index contributed by atoms with van der Waals surface area (Å²) in [5.74, 6) is 0.379. The van der Waals surface area contributed by atoms with E-state index in [0.29, 0.717) is 11.6 Å². The van der Waals surface area contributed by atoms with Crippen molar-refractivity contribution in [1.29, 1.82) is 0 Å². The SMILES string of the molecule is CNc1nc(C)cn1-c1ccccc1F. The van der Waals surface area contributed by atoms with Gasteiger partial charge < -0.3 is 5.32 Å². The number of anilines is 1. The number of hydrogen-bond donors (Lipinski definition) is 1. The van der Waals surface area contributed by atoms with Gasteiger partial charge in [0.05, 0.1) is 11.4 Å². The summed E-state index contributed by atoms with van der Waals surface area (Å²) < 4.78 is 15.2. The summed E-state index contributed by atoms with van der Waals surface area (Å²) in [6.07, 6.45) is 1.80. The third kappa shape index (κ3) is 1.70. The van der Waals surface area contributed by atoms with Crippen molar-refractivity contribution in [2.45, 2.75) is 6.92 Å². The van der Waals surface area contributed by atoms with E-state index in [0.717, 1.165) is 5.69 Å². The topological polar surface area (TPSA) is 29.9 Å². The first-order valence-corrected chi connectivity index (χ1v) is 4.71. The number of imidazole rings is 1. The highest BCUT2D eigenvalue weighted by Gasteiger charge is 2.08. The average Bonchev–Trinajstić information content (AvgIpc) is 2.60. The fourth-order valence-electron chi connectivity index (χ4n) is 1.50. The lowest BCUT2D eigenvalue weighted by Crippen LogP contribution is -2.02. The maximum atomic E-state index is 13.5. The van der Waals surface area contributed by atoms with Crippen LogP contribution in [-0.2, 0) is 0 Å². The Bertz CT molecular complexity index is 476. The highest BCUT2D eigenvalue weighted by atomic mass is 19.1. The summed E-state index contributed by atoms with van der Waals surface area (Å²) in [5.41, 5.74) is 1.35. The number of aryl methyl sites for hydroxylation is 1. The number of rotatable bonds is 2. The van der Waals surface area contributed by atoms with Gasteiger partial charge in [-0.1, -0.05) is 12.1 Å². The van der Waals surface area contributed by atoms with Gasteiger partial charge in [0.1, 0.15) is 5.82 Å². The molecule has 0 amide bonds. The van der Waals surface area contributed by atoms with Crippen LogP contribution in [0.25, 0.3) is 5.69 Å². The maximum absolute atomic E-state index is 13.5. The molecule has 1 aromatic carbocycles. The van der Waals surface area contributed by atoms with E-state index in [4.69, 9.17) is 0 Å². The molecule has 1 N–H and O–H groups in total. The molecule has 0 atom stereocenters. The summed E-state index contributed by atoms with van der Waals surface area (Å²) in [6, 6.07) is 6.62. The molecule has 0 aliphatic carbocycles. The first-order valence-electron chi connectivity index (χ1n) is 4.71. The monoisotopic (exact) mass is 205 g/mol. The molecule has 4 heteroatoms. The van der Waals surface area contributed by atoms with Crippen LogP contribution in [0.5, 0.6) is 0 Å². The van der Waals surface area contributed by atoms with Crippen LogP contribution in [-0.4, -0.2) is 16.6 Å². The smallest absolute Gasteiger partial charge is 0.207 e. The van der Waals surface area contributed by atoms with Crippen molar-refractivity contribution in [3.63, 3.8) is 0 Å². The van der Waals surface area contributed by atoms with Gasteiger partial charge >= 0.3 is 0 Å². The van der Waals surface area contributed by atoms with E-state index in [1.54, 1.807) is 36.0 Å². The summed E-state index contributed by atoms with van der Waals surface area (Å²) in [4.78, 5) is 4.23. The third-order valence-electron chi connectivity index (χ3n) is 2.16. The molecule has 0 fully saturated rings. The highest BCUT2D eigenvalue weighted by molar-refractivity contribution is 5.43. The lowest BCUT2D eigenvalue weighted by Gasteiger charge is -2.07. The summed E-state index contributed by atoms with van der Waals surface area (Å²) >= 11 is 0. The van der Waals surface area contributed by atoms with Crippen LogP contribution in [0.1, 0.15) is 5.69 Å². The van der Waals surface area contributed by atoms with Crippen molar-refractivity contribution in [1.82, 2.24) is 9.55 Å². The minimum absolute atomic E-state index is 0.258. The number of para-hydroxylation sites is 1. The largest absolute Gasteiger partial charge is 0.358 e. The van der Waals surface area contributed by atoms with Gasteiger partial charge in [-0.2, -0.15) is 0 Å². The van der Waals surface area contributed by atoms with Gasteiger partial charge in [-0.25, -0.2) is 9.37 Å². The van der Waals surface area contributed by atoms with E-state index in [1.165, 1.54) is 6.07 Å². The van der Waals surface area contributed by atoms with Gasteiger partial charge in [-0.3, -0.25) is 4.57 Å². The van der Waals surface area contributed by atoms with E-state index in [-0.39, 0.29) is 5.82 Å². The van der Waals surface area contributed by atoms with Gasteiger partial charge in [-0.15, -0.1) is 0 Å². The van der Waals surface area contributed by atoms with Crippen molar-refractivity contribution < 1.29 is 4.39 Å². The molecule has 15 heavy (non-hydrogen) atoms. The van der Waals surface area contributed by atoms with Gasteiger partial charge in [0.2, 0.25) is 5.95 Å². The quantitative estimate of drug-likeness (QED) is 0.815. The number of nitrogens with one attached hydrogen (secondary N) is 1. The van der Waals surface area contributed by atoms with Crippen LogP contribution in [0.2, 0.25) is 0 Å². The zero-order chi connectivity index (χ0) is 10.8. The number of hydrogen-bond acceptors (Lipinski definition) is 2. The van der Waals surface area contributed by atoms with Gasteiger partial charge in [0, 0.05) is 13.2 Å². The highest BCUT2D eigenvalue weighted by Crippen LogP contribution is 2.18. The number of aromatic nitrogens is 2. The van der Waals surface area contributed by atoms with Crippen LogP contribution in [0.15, 0.2) is 30.5 Å². The molecular weight excluding hydrogens is 193 g/mol. The molecule has 2 rings (SSSR count). The fourth-order valence-corrected chi connectivity index (χ4v) is 1.50. The molecule has 1 heterocycles. The second-order valence-electron chi connectivity index (χ2n) is 3.28. The van der Waals surface area contributed by atoms with E-state index >= 15 is 0 Å². The standard InChI is InChI=1S/C11H12FN3/c1-8-7-15(11(13-2)14-8)10-6-4-3-5-9(10)12/h3-7H,1-2H3,(H,13,14). The molecule has 0 bridgehead atoms. The van der Waals surface area contributed by atoms with Crippen LogP contribution in [0.3, 0.4) is 0 Å². The Morgan fingerprint density at radius 3 is 2.73 bits per heavy atom. The lowest BCUT2D eigenvalue weighted by molar-refractivity contribution is 0.618. The predicted molar refractivity (Wildman–Crippen MR) is 57.8 cm³/mol. The Labute approximate surface area is 87.6 Å². The summed E-state index contributed by atoms with van der Waals surface area (Å²) in [6.45, 7) is 1.87. The lowest BCUT2D eigenvalue weighted by atomic mass is 10.3. The molecule has 1 aromatic heterocycles. The number of benzene rings is 1. The minimum Gasteiger partial charge on any atom is -0.358 e. The second-order valence-corrected chi connectivity index (χ2v) is 3.28. The molecule has 3 nitrogen and oxygen atoms in total. The van der Waals surface area contributed by atoms with Crippen molar-refractivity contribution in [3.05, 3.63) is 42.0 Å². The van der Waals surface area contributed by atoms with Crippen LogP contribution < -0.4 is 5.32 Å². The second kappa shape index (κ2) is 3.73. The summed E-state index contributed by atoms with van der Waals surface area (Å²) in [5, 5.41) is 2.93. The van der Waals surface area contributed by atoms with E-state index in [9.17, 15) is 4.39 Å². The predicted octanol–water partition coefficient (Wildman–Crippen LogP) is 2.36. The molecule has 2 aromatic rings. The summed E-state index contributed by atoms with van der Waals surface area (Å²) in [7, 11) is 1.76. The molecule has 0 aliphatic heterocycles. The van der Waals surface area contributed by atoms with Gasteiger partial charge in [-0.05, 0) is 19.1 Å². The molecule has 0 radical (unpaired) electrons. The third-order valence-corrected chi connectivity index (χ3v) is 2.16. The molecular formula is C11H12FN3. The average molecular weight is 205 g/mol. The molecule has 0 saturated heterocycles. The Kier molecular flexibility index (Phi) is 2.41. The van der Waals surface area contributed by atoms with Gasteiger partial charge in [0.25, 0.3) is 0 Å². The Morgan fingerprint density at radius 2 is 2.07 bits per heavy atom. The van der Waals surface area contributed by atoms with E-state index < -0.39 is 0 Å². The van der Waals surface area contributed by atoms with Crippen molar-refractivity contribution in [3.8, 4) is 5.69 Å². The fraction of sp³-hybridized carbons (Fsp3) is 0.182. The zero-order valence-corrected chi connectivity index (χ0v) is 8.66. The Balaban J connectivity index is 2.58. The number of nitrogens with zero attached hydrogens (tertiary/aromatic N) is 2.